The first-order valence-electron chi connectivity index (χ1n) is 4.26. The Morgan fingerprint density at radius 2 is 2.31 bits per heavy atom. The molecule has 0 fully saturated rings. The standard InChI is InChI=1S/C10H10N2O/c1-2-8-4-3-5-9(6-8)10-11-7-13-12-10/h3-7H,2H2,1H3. The van der Waals surface area contributed by atoms with Crippen LogP contribution in [0.4, 0.5) is 0 Å². The maximum atomic E-state index is 4.68. The number of rotatable bonds is 2. The van der Waals surface area contributed by atoms with Crippen LogP contribution in [-0.2, 0) is 6.42 Å². The van der Waals surface area contributed by atoms with Crippen molar-refractivity contribution in [2.75, 3.05) is 0 Å². The first-order valence-corrected chi connectivity index (χ1v) is 4.26. The van der Waals surface area contributed by atoms with E-state index in [1.54, 1.807) is 0 Å². The largest absolute Gasteiger partial charge is 0.342 e. The minimum atomic E-state index is 0.648. The molecule has 0 atom stereocenters. The van der Waals surface area contributed by atoms with Crippen molar-refractivity contribution in [2.24, 2.45) is 0 Å². The van der Waals surface area contributed by atoms with Gasteiger partial charge >= 0.3 is 0 Å². The van der Waals surface area contributed by atoms with E-state index in [4.69, 9.17) is 0 Å². The maximum Gasteiger partial charge on any atom is 0.214 e. The molecule has 1 aromatic heterocycles. The van der Waals surface area contributed by atoms with Gasteiger partial charge in [0.05, 0.1) is 0 Å². The Labute approximate surface area is 76.4 Å². The summed E-state index contributed by atoms with van der Waals surface area (Å²) in [7, 11) is 0. The van der Waals surface area contributed by atoms with Crippen molar-refractivity contribution in [3.8, 4) is 11.4 Å². The van der Waals surface area contributed by atoms with Crippen LogP contribution in [0.3, 0.4) is 0 Å². The van der Waals surface area contributed by atoms with Crippen molar-refractivity contribution in [1.82, 2.24) is 10.1 Å². The Morgan fingerprint density at radius 3 is 3.00 bits per heavy atom. The molecule has 13 heavy (non-hydrogen) atoms. The number of nitrogens with zero attached hydrogens (tertiary/aromatic N) is 2. The molecular formula is C10H10N2O. The molecule has 0 saturated carbocycles. The second kappa shape index (κ2) is 3.39. The zero-order valence-corrected chi connectivity index (χ0v) is 7.40. The van der Waals surface area contributed by atoms with E-state index in [1.165, 1.54) is 12.0 Å². The third-order valence-electron chi connectivity index (χ3n) is 1.95. The van der Waals surface area contributed by atoms with Gasteiger partial charge < -0.3 is 4.52 Å². The van der Waals surface area contributed by atoms with Gasteiger partial charge in [-0.05, 0) is 18.1 Å². The molecule has 0 aliphatic heterocycles. The number of benzene rings is 1. The quantitative estimate of drug-likeness (QED) is 0.701. The molecule has 0 saturated heterocycles. The molecule has 0 spiro atoms. The average molecular weight is 174 g/mol. The van der Waals surface area contributed by atoms with E-state index >= 15 is 0 Å². The third kappa shape index (κ3) is 1.59. The lowest BCUT2D eigenvalue weighted by Gasteiger charge is -1.97. The van der Waals surface area contributed by atoms with E-state index in [2.05, 4.69) is 33.7 Å². The molecule has 2 rings (SSSR count). The van der Waals surface area contributed by atoms with Crippen molar-refractivity contribution < 1.29 is 4.52 Å². The van der Waals surface area contributed by atoms with Gasteiger partial charge in [0, 0.05) is 5.56 Å². The summed E-state index contributed by atoms with van der Waals surface area (Å²) in [5, 5.41) is 3.78. The summed E-state index contributed by atoms with van der Waals surface area (Å²) in [6.07, 6.45) is 2.36. The predicted octanol–water partition coefficient (Wildman–Crippen LogP) is 2.30. The van der Waals surface area contributed by atoms with Gasteiger partial charge in [-0.3, -0.25) is 0 Å². The number of hydrogen-bond donors (Lipinski definition) is 0. The fourth-order valence-electron chi connectivity index (χ4n) is 1.23. The van der Waals surface area contributed by atoms with Crippen molar-refractivity contribution in [3.63, 3.8) is 0 Å². The fourth-order valence-corrected chi connectivity index (χ4v) is 1.23. The van der Waals surface area contributed by atoms with Crippen molar-refractivity contribution in [3.05, 3.63) is 36.2 Å². The zero-order valence-electron chi connectivity index (χ0n) is 7.40. The molecule has 0 radical (unpaired) electrons. The van der Waals surface area contributed by atoms with E-state index in [0.29, 0.717) is 5.82 Å². The summed E-state index contributed by atoms with van der Waals surface area (Å²) < 4.78 is 4.68. The lowest BCUT2D eigenvalue weighted by atomic mass is 10.1. The topological polar surface area (TPSA) is 38.9 Å². The van der Waals surface area contributed by atoms with Gasteiger partial charge in [-0.15, -0.1) is 0 Å². The number of aryl methyl sites for hydroxylation is 1. The molecule has 66 valence electrons. The molecule has 0 aliphatic carbocycles. The fraction of sp³-hybridized carbons (Fsp3) is 0.200. The summed E-state index contributed by atoms with van der Waals surface area (Å²) in [5.74, 6) is 0.648. The average Bonchev–Trinajstić information content (AvgIpc) is 2.71. The maximum absolute atomic E-state index is 4.68. The highest BCUT2D eigenvalue weighted by Gasteiger charge is 2.01. The highest BCUT2D eigenvalue weighted by Crippen LogP contribution is 2.15. The van der Waals surface area contributed by atoms with Gasteiger partial charge in [0.25, 0.3) is 0 Å². The van der Waals surface area contributed by atoms with Crippen LogP contribution in [0.2, 0.25) is 0 Å². The van der Waals surface area contributed by atoms with Crippen LogP contribution in [0.5, 0.6) is 0 Å². The second-order valence-electron chi connectivity index (χ2n) is 2.81. The summed E-state index contributed by atoms with van der Waals surface area (Å²) >= 11 is 0. The van der Waals surface area contributed by atoms with Gasteiger partial charge in [-0.1, -0.05) is 30.3 Å². The SMILES string of the molecule is CCc1cccc(-c2ncon2)c1. The molecular weight excluding hydrogens is 164 g/mol. The Hall–Kier alpha value is -1.64. The van der Waals surface area contributed by atoms with Crippen LogP contribution in [0.25, 0.3) is 11.4 Å². The molecule has 0 N–H and O–H groups in total. The van der Waals surface area contributed by atoms with E-state index in [1.807, 2.05) is 12.1 Å². The minimum absolute atomic E-state index is 0.648. The molecule has 0 unspecified atom stereocenters. The molecule has 0 amide bonds. The highest BCUT2D eigenvalue weighted by atomic mass is 16.5. The van der Waals surface area contributed by atoms with Gasteiger partial charge in [-0.2, -0.15) is 4.98 Å². The second-order valence-corrected chi connectivity index (χ2v) is 2.81. The predicted molar refractivity (Wildman–Crippen MR) is 49.1 cm³/mol. The van der Waals surface area contributed by atoms with E-state index in [0.717, 1.165) is 12.0 Å². The van der Waals surface area contributed by atoms with Crippen LogP contribution in [0, 0.1) is 0 Å². The van der Waals surface area contributed by atoms with Crippen LogP contribution >= 0.6 is 0 Å². The Balaban J connectivity index is 2.41. The van der Waals surface area contributed by atoms with E-state index in [9.17, 15) is 0 Å². The Bertz CT molecular complexity index is 382. The molecule has 0 aliphatic rings. The molecule has 1 aromatic carbocycles. The number of hydrogen-bond acceptors (Lipinski definition) is 3. The molecule has 0 bridgehead atoms. The Kier molecular flexibility index (Phi) is 2.08. The van der Waals surface area contributed by atoms with E-state index < -0.39 is 0 Å². The van der Waals surface area contributed by atoms with Gasteiger partial charge in [-0.25, -0.2) is 0 Å². The first kappa shape index (κ1) is 7.98. The molecule has 3 heteroatoms. The normalized spacial score (nSPS) is 10.2. The van der Waals surface area contributed by atoms with Crippen LogP contribution in [0.1, 0.15) is 12.5 Å². The smallest absolute Gasteiger partial charge is 0.214 e. The lowest BCUT2D eigenvalue weighted by Crippen LogP contribution is -1.83. The summed E-state index contributed by atoms with van der Waals surface area (Å²) in [6.45, 7) is 2.12. The van der Waals surface area contributed by atoms with Crippen molar-refractivity contribution in [1.29, 1.82) is 0 Å². The van der Waals surface area contributed by atoms with Gasteiger partial charge in [0.15, 0.2) is 0 Å². The van der Waals surface area contributed by atoms with Gasteiger partial charge in [0.1, 0.15) is 0 Å². The lowest BCUT2D eigenvalue weighted by molar-refractivity contribution is 0.419. The monoisotopic (exact) mass is 174 g/mol. The third-order valence-corrected chi connectivity index (χ3v) is 1.95. The molecule has 2 aromatic rings. The van der Waals surface area contributed by atoms with Gasteiger partial charge in [0.2, 0.25) is 12.2 Å². The molecule has 1 heterocycles. The van der Waals surface area contributed by atoms with Crippen molar-refractivity contribution >= 4 is 0 Å². The Morgan fingerprint density at radius 1 is 1.38 bits per heavy atom. The minimum Gasteiger partial charge on any atom is -0.342 e. The van der Waals surface area contributed by atoms with Crippen LogP contribution in [-0.4, -0.2) is 10.1 Å². The number of aromatic nitrogens is 2. The van der Waals surface area contributed by atoms with Crippen LogP contribution < -0.4 is 0 Å². The summed E-state index contributed by atoms with van der Waals surface area (Å²) in [5.41, 5.74) is 2.29. The summed E-state index contributed by atoms with van der Waals surface area (Å²) in [4.78, 5) is 3.98. The van der Waals surface area contributed by atoms with E-state index in [-0.39, 0.29) is 0 Å². The summed E-state index contributed by atoms with van der Waals surface area (Å²) in [6, 6.07) is 8.14. The highest BCUT2D eigenvalue weighted by molar-refractivity contribution is 5.54. The molecule has 3 nitrogen and oxygen atoms in total. The zero-order chi connectivity index (χ0) is 9.10. The first-order chi connectivity index (χ1) is 6.40. The van der Waals surface area contributed by atoms with Crippen molar-refractivity contribution in [2.45, 2.75) is 13.3 Å². The van der Waals surface area contributed by atoms with Crippen LogP contribution in [0.15, 0.2) is 35.2 Å².